The Morgan fingerprint density at radius 3 is 2.39 bits per heavy atom. The summed E-state index contributed by atoms with van der Waals surface area (Å²) in [7, 11) is 3.61. The fourth-order valence-electron chi connectivity index (χ4n) is 4.19. The van der Waals surface area contributed by atoms with Crippen molar-refractivity contribution in [1.29, 1.82) is 0 Å². The van der Waals surface area contributed by atoms with Crippen molar-refractivity contribution in [3.63, 3.8) is 0 Å². The third kappa shape index (κ3) is 4.05. The van der Waals surface area contributed by atoms with Crippen molar-refractivity contribution in [1.82, 2.24) is 9.97 Å². The van der Waals surface area contributed by atoms with Crippen LogP contribution < -0.4 is 14.5 Å². The quantitative estimate of drug-likeness (QED) is 0.728. The zero-order valence-electron chi connectivity index (χ0n) is 17.9. The molecule has 2 aromatic rings. The van der Waals surface area contributed by atoms with E-state index in [1.807, 2.05) is 25.8 Å². The molecule has 1 aromatic heterocycles. The van der Waals surface area contributed by atoms with Crippen LogP contribution in [0.4, 0.5) is 24.7 Å². The lowest BCUT2D eigenvalue weighted by Gasteiger charge is -2.38. The monoisotopic (exact) mass is 434 g/mol. The average molecular weight is 434 g/mol. The summed E-state index contributed by atoms with van der Waals surface area (Å²) >= 11 is 0. The Morgan fingerprint density at radius 2 is 1.77 bits per heavy atom. The van der Waals surface area contributed by atoms with Crippen LogP contribution in [-0.2, 0) is 17.4 Å². The maximum atomic E-state index is 12.7. The number of rotatable bonds is 4. The number of carbonyl (C=O) groups excluding carboxylic acids is 1. The molecule has 1 aromatic carbocycles. The molecule has 4 rings (SSSR count). The zero-order chi connectivity index (χ0) is 22.5. The molecule has 1 amide bonds. The van der Waals surface area contributed by atoms with Crippen LogP contribution in [-0.4, -0.2) is 42.1 Å². The highest BCUT2D eigenvalue weighted by Crippen LogP contribution is 2.38. The minimum absolute atomic E-state index is 0.0108. The molecular weight excluding hydrogens is 409 g/mol. The molecule has 1 atom stereocenters. The topological polar surface area (TPSA) is 58.6 Å². The highest BCUT2D eigenvalue weighted by Gasteiger charge is 2.36. The van der Waals surface area contributed by atoms with Gasteiger partial charge in [0, 0.05) is 20.5 Å². The molecule has 6 nitrogen and oxygen atoms in total. The first-order valence-corrected chi connectivity index (χ1v) is 10.3. The van der Waals surface area contributed by atoms with Gasteiger partial charge < -0.3 is 14.5 Å². The number of halogens is 3. The fourth-order valence-corrected chi connectivity index (χ4v) is 4.19. The summed E-state index contributed by atoms with van der Waals surface area (Å²) in [5, 5.41) is 0. The molecule has 0 radical (unpaired) electrons. The molecule has 0 bridgehead atoms. The molecule has 2 heterocycles. The zero-order valence-corrected chi connectivity index (χ0v) is 17.9. The molecule has 31 heavy (non-hydrogen) atoms. The molecule has 1 fully saturated rings. The van der Waals surface area contributed by atoms with E-state index in [0.717, 1.165) is 48.0 Å². The highest BCUT2D eigenvalue weighted by atomic mass is 19.4. The van der Waals surface area contributed by atoms with Crippen molar-refractivity contribution in [2.75, 3.05) is 23.9 Å². The molecule has 1 aliphatic heterocycles. The van der Waals surface area contributed by atoms with Crippen LogP contribution in [0.15, 0.2) is 24.3 Å². The van der Waals surface area contributed by atoms with Crippen LogP contribution in [0, 0.1) is 12.8 Å². The van der Waals surface area contributed by atoms with Gasteiger partial charge in [-0.15, -0.1) is 0 Å². The Morgan fingerprint density at radius 1 is 1.13 bits per heavy atom. The third-order valence-corrected chi connectivity index (χ3v) is 6.17. The maximum Gasteiger partial charge on any atom is 0.416 e. The number of alkyl halides is 3. The SMILES string of the molecule is Cc1nc(CC2CC(Oc3ccc(C(F)(F)F)cc3)C2)nc2c1N(C)C(=O)[C@H](C)N2C. The van der Waals surface area contributed by atoms with Crippen LogP contribution in [0.25, 0.3) is 0 Å². The second-order valence-corrected chi connectivity index (χ2v) is 8.39. The Bertz CT molecular complexity index is 987. The standard InChI is InChI=1S/C22H25F3N4O2/c1-12-19-20(28(3)13(2)21(30)29(19)4)27-18(26-12)11-14-9-17(10-14)31-16-7-5-15(6-8-16)22(23,24)25/h5-8,13-14,17H,9-11H2,1-4H3/t13-,14?,17?/m0/s1. The lowest BCUT2D eigenvalue weighted by molar-refractivity contribution is -0.137. The van der Waals surface area contributed by atoms with Crippen LogP contribution >= 0.6 is 0 Å². The molecule has 0 N–H and O–H groups in total. The van der Waals surface area contributed by atoms with Crippen LogP contribution in [0.2, 0.25) is 0 Å². The summed E-state index contributed by atoms with van der Waals surface area (Å²) in [6, 6.07) is 4.51. The fraction of sp³-hybridized carbons (Fsp3) is 0.500. The Labute approximate surface area is 179 Å². The number of nitrogens with zero attached hydrogens (tertiary/aromatic N) is 4. The number of hydrogen-bond donors (Lipinski definition) is 0. The number of aryl methyl sites for hydroxylation is 1. The van der Waals surface area contributed by atoms with Crippen molar-refractivity contribution in [2.45, 2.75) is 51.4 Å². The van der Waals surface area contributed by atoms with E-state index in [2.05, 4.69) is 4.98 Å². The summed E-state index contributed by atoms with van der Waals surface area (Å²) in [4.78, 5) is 25.2. The van der Waals surface area contributed by atoms with Gasteiger partial charge >= 0.3 is 6.18 Å². The first-order valence-electron chi connectivity index (χ1n) is 10.3. The van der Waals surface area contributed by atoms with Gasteiger partial charge in [-0.1, -0.05) is 0 Å². The van der Waals surface area contributed by atoms with Gasteiger partial charge in [0.25, 0.3) is 0 Å². The average Bonchev–Trinajstić information content (AvgIpc) is 2.68. The first kappa shape index (κ1) is 21.4. The van der Waals surface area contributed by atoms with Gasteiger partial charge in [0.05, 0.1) is 17.4 Å². The van der Waals surface area contributed by atoms with Gasteiger partial charge in [0.1, 0.15) is 23.3 Å². The maximum absolute atomic E-state index is 12.7. The Hall–Kier alpha value is -2.84. The number of carbonyl (C=O) groups is 1. The molecule has 2 aliphatic rings. The number of benzene rings is 1. The molecule has 0 unspecified atom stereocenters. The summed E-state index contributed by atoms with van der Waals surface area (Å²) < 4.78 is 43.8. The third-order valence-electron chi connectivity index (χ3n) is 6.17. The minimum atomic E-state index is -4.35. The Kier molecular flexibility index (Phi) is 5.31. The van der Waals surface area contributed by atoms with Crippen LogP contribution in [0.3, 0.4) is 0 Å². The number of ether oxygens (including phenoxy) is 1. The Balaban J connectivity index is 1.38. The van der Waals surface area contributed by atoms with Crippen molar-refractivity contribution >= 4 is 17.4 Å². The molecule has 0 spiro atoms. The summed E-state index contributed by atoms with van der Waals surface area (Å²) in [5.41, 5.74) is 0.829. The van der Waals surface area contributed by atoms with Crippen LogP contribution in [0.5, 0.6) is 5.75 Å². The molecular formula is C22H25F3N4O2. The second-order valence-electron chi connectivity index (χ2n) is 8.39. The smallest absolute Gasteiger partial charge is 0.416 e. The highest BCUT2D eigenvalue weighted by molar-refractivity contribution is 6.04. The minimum Gasteiger partial charge on any atom is -0.490 e. The van der Waals surface area contributed by atoms with E-state index in [1.165, 1.54) is 12.1 Å². The predicted octanol–water partition coefficient (Wildman–Crippen LogP) is 4.01. The lowest BCUT2D eigenvalue weighted by atomic mass is 9.80. The van der Waals surface area contributed by atoms with Gasteiger partial charge in [-0.05, 0) is 56.9 Å². The number of hydrogen-bond acceptors (Lipinski definition) is 5. The summed E-state index contributed by atoms with van der Waals surface area (Å²) in [6.07, 6.45) is -2.08. The van der Waals surface area contributed by atoms with Crippen molar-refractivity contribution < 1.29 is 22.7 Å². The molecule has 9 heteroatoms. The van der Waals surface area contributed by atoms with Gasteiger partial charge in [-0.25, -0.2) is 9.97 Å². The number of amides is 1. The molecule has 1 saturated carbocycles. The van der Waals surface area contributed by atoms with Crippen molar-refractivity contribution in [2.24, 2.45) is 5.92 Å². The largest absolute Gasteiger partial charge is 0.490 e. The van der Waals surface area contributed by atoms with E-state index in [9.17, 15) is 18.0 Å². The molecule has 1 aliphatic carbocycles. The second kappa shape index (κ2) is 7.69. The molecule has 0 saturated heterocycles. The first-order chi connectivity index (χ1) is 14.5. The number of anilines is 2. The van der Waals surface area contributed by atoms with Gasteiger partial charge in [-0.2, -0.15) is 13.2 Å². The molecule has 166 valence electrons. The summed E-state index contributed by atoms with van der Waals surface area (Å²) in [5.74, 6) is 2.30. The van der Waals surface area contributed by atoms with Crippen molar-refractivity contribution in [3.05, 3.63) is 41.3 Å². The number of aromatic nitrogens is 2. The van der Waals surface area contributed by atoms with E-state index in [-0.39, 0.29) is 18.1 Å². The van der Waals surface area contributed by atoms with Gasteiger partial charge in [-0.3, -0.25) is 4.79 Å². The number of fused-ring (bicyclic) bond motifs is 1. The van der Waals surface area contributed by atoms with E-state index in [0.29, 0.717) is 18.1 Å². The van der Waals surface area contributed by atoms with Crippen LogP contribution in [0.1, 0.15) is 36.8 Å². The summed E-state index contributed by atoms with van der Waals surface area (Å²) in [6.45, 7) is 3.74. The van der Waals surface area contributed by atoms with E-state index in [1.54, 1.807) is 11.9 Å². The normalized spacial score (nSPS) is 23.5. The lowest BCUT2D eigenvalue weighted by Crippen LogP contribution is -2.50. The van der Waals surface area contributed by atoms with E-state index >= 15 is 0 Å². The van der Waals surface area contributed by atoms with Crippen molar-refractivity contribution in [3.8, 4) is 5.75 Å². The van der Waals surface area contributed by atoms with Gasteiger partial charge in [0.2, 0.25) is 5.91 Å². The van der Waals surface area contributed by atoms with E-state index < -0.39 is 11.7 Å². The number of likely N-dealkylation sites (N-methyl/N-ethyl adjacent to an activating group) is 2. The van der Waals surface area contributed by atoms with Gasteiger partial charge in [0.15, 0.2) is 5.82 Å². The predicted molar refractivity (Wildman–Crippen MR) is 110 cm³/mol. The van der Waals surface area contributed by atoms with E-state index in [4.69, 9.17) is 9.72 Å².